The molecule has 122 valence electrons. The van der Waals surface area contributed by atoms with E-state index in [9.17, 15) is 26.4 Å². The maximum atomic E-state index is 13.1. The molecule has 21 heavy (non-hydrogen) atoms. The maximum absolute atomic E-state index is 13.1. The van der Waals surface area contributed by atoms with Crippen molar-refractivity contribution in [3.8, 4) is 0 Å². The summed E-state index contributed by atoms with van der Waals surface area (Å²) in [5.74, 6) is -2.60. The quantitative estimate of drug-likeness (QED) is 0.779. The number of amides is 1. The van der Waals surface area contributed by atoms with Gasteiger partial charge in [0.05, 0.1) is 5.92 Å². The molecule has 1 heterocycles. The van der Waals surface area contributed by atoms with Crippen LogP contribution < -0.4 is 0 Å². The van der Waals surface area contributed by atoms with E-state index in [1.165, 1.54) is 14.1 Å². The van der Waals surface area contributed by atoms with Crippen LogP contribution in [0, 0.1) is 11.8 Å². The van der Waals surface area contributed by atoms with Gasteiger partial charge in [-0.2, -0.15) is 13.2 Å². The molecule has 2 fully saturated rings. The molecule has 5 nitrogen and oxygen atoms in total. The minimum Gasteiger partial charge on any atom is -0.340 e. The second-order valence-electron chi connectivity index (χ2n) is 5.88. The van der Waals surface area contributed by atoms with E-state index in [-0.39, 0.29) is 18.4 Å². The molecule has 0 aromatic carbocycles. The van der Waals surface area contributed by atoms with Crippen molar-refractivity contribution >= 4 is 15.9 Å². The molecule has 0 aromatic heterocycles. The lowest BCUT2D eigenvalue weighted by Crippen LogP contribution is -2.43. The Hall–Kier alpha value is -0.830. The molecule has 1 aliphatic heterocycles. The van der Waals surface area contributed by atoms with E-state index in [1.807, 2.05) is 0 Å². The van der Waals surface area contributed by atoms with Gasteiger partial charge in [0.2, 0.25) is 15.9 Å². The second kappa shape index (κ2) is 5.42. The fraction of sp³-hybridized carbons (Fsp3) is 0.917. The monoisotopic (exact) mass is 328 g/mol. The number of hydrogen-bond acceptors (Lipinski definition) is 3. The highest BCUT2D eigenvalue weighted by atomic mass is 32.2. The molecule has 0 aromatic rings. The Bertz CT molecular complexity index is 514. The summed E-state index contributed by atoms with van der Waals surface area (Å²) in [5.41, 5.74) is 0. The largest absolute Gasteiger partial charge is 0.394 e. The van der Waals surface area contributed by atoms with E-state index in [1.54, 1.807) is 0 Å². The van der Waals surface area contributed by atoms with Gasteiger partial charge in [0, 0.05) is 33.1 Å². The van der Waals surface area contributed by atoms with Crippen LogP contribution in [0.25, 0.3) is 0 Å². The third kappa shape index (κ3) is 3.03. The average molecular weight is 328 g/mol. The molecule has 1 saturated heterocycles. The molecule has 9 heteroatoms. The molecule has 0 spiro atoms. The lowest BCUT2D eigenvalue weighted by molar-refractivity contribution is -0.170. The van der Waals surface area contributed by atoms with Crippen LogP contribution in [0.3, 0.4) is 0 Å². The van der Waals surface area contributed by atoms with Crippen molar-refractivity contribution < 1.29 is 26.4 Å². The lowest BCUT2D eigenvalue weighted by atomic mass is 9.84. The fourth-order valence-electron chi connectivity index (χ4n) is 2.75. The number of nitrogens with zero attached hydrogens (tertiary/aromatic N) is 2. The minimum atomic E-state index is -4.64. The summed E-state index contributed by atoms with van der Waals surface area (Å²) < 4.78 is 64.3. The highest BCUT2D eigenvalue weighted by Gasteiger charge is 2.56. The first-order valence-corrected chi connectivity index (χ1v) is 8.32. The minimum absolute atomic E-state index is 0.236. The highest BCUT2D eigenvalue weighted by Crippen LogP contribution is 2.39. The summed E-state index contributed by atoms with van der Waals surface area (Å²) in [6, 6.07) is 0. The number of carbonyl (C=O) groups excluding carboxylic acids is 1. The van der Waals surface area contributed by atoms with Gasteiger partial charge in [0.15, 0.2) is 0 Å². The smallest absolute Gasteiger partial charge is 0.340 e. The molecule has 1 aliphatic carbocycles. The number of likely N-dealkylation sites (tertiary alicyclic amines) is 1. The van der Waals surface area contributed by atoms with Gasteiger partial charge in [-0.15, -0.1) is 0 Å². The van der Waals surface area contributed by atoms with Gasteiger partial charge in [0.25, 0.3) is 0 Å². The van der Waals surface area contributed by atoms with Gasteiger partial charge in [-0.25, -0.2) is 12.7 Å². The first-order chi connectivity index (χ1) is 9.55. The number of rotatable bonds is 3. The Balaban J connectivity index is 2.23. The first kappa shape index (κ1) is 16.5. The zero-order chi connectivity index (χ0) is 16.0. The zero-order valence-corrected chi connectivity index (χ0v) is 12.7. The van der Waals surface area contributed by atoms with Crippen molar-refractivity contribution in [2.24, 2.45) is 11.8 Å². The van der Waals surface area contributed by atoms with Crippen LogP contribution in [0.2, 0.25) is 0 Å². The van der Waals surface area contributed by atoms with Crippen LogP contribution in [0.15, 0.2) is 0 Å². The normalized spacial score (nSPS) is 28.0. The second-order valence-corrected chi connectivity index (χ2v) is 8.25. The SMILES string of the molecule is CN(C)S(=O)(=O)[C@@H]1CN(C(=O)C2CCC2)C[C@H]1C(F)(F)F. The zero-order valence-electron chi connectivity index (χ0n) is 11.9. The van der Waals surface area contributed by atoms with Gasteiger partial charge < -0.3 is 4.90 Å². The van der Waals surface area contributed by atoms with E-state index < -0.39 is 33.9 Å². The molecule has 2 aliphatic rings. The molecule has 1 saturated carbocycles. The van der Waals surface area contributed by atoms with Crippen molar-refractivity contribution in [1.82, 2.24) is 9.21 Å². The van der Waals surface area contributed by atoms with Crippen molar-refractivity contribution in [2.75, 3.05) is 27.2 Å². The third-order valence-electron chi connectivity index (χ3n) is 4.34. The van der Waals surface area contributed by atoms with Gasteiger partial charge in [-0.1, -0.05) is 6.42 Å². The van der Waals surface area contributed by atoms with Crippen LogP contribution >= 0.6 is 0 Å². The Kier molecular flexibility index (Phi) is 4.27. The van der Waals surface area contributed by atoms with Gasteiger partial charge in [-0.3, -0.25) is 4.79 Å². The van der Waals surface area contributed by atoms with Gasteiger partial charge in [-0.05, 0) is 12.8 Å². The highest BCUT2D eigenvalue weighted by molar-refractivity contribution is 7.89. The van der Waals surface area contributed by atoms with Gasteiger partial charge in [0.1, 0.15) is 5.25 Å². The predicted octanol–water partition coefficient (Wildman–Crippen LogP) is 1.07. The molecular formula is C12H19F3N2O3S. The first-order valence-electron chi connectivity index (χ1n) is 6.82. The van der Waals surface area contributed by atoms with Gasteiger partial charge >= 0.3 is 6.18 Å². The summed E-state index contributed by atoms with van der Waals surface area (Å²) in [5, 5.41) is -1.61. The molecular weight excluding hydrogens is 309 g/mol. The van der Waals surface area contributed by atoms with Crippen LogP contribution in [0.4, 0.5) is 13.2 Å². The topological polar surface area (TPSA) is 57.7 Å². The van der Waals surface area contributed by atoms with Crippen LogP contribution in [0.5, 0.6) is 0 Å². The number of halogens is 3. The molecule has 2 rings (SSSR count). The number of hydrogen-bond donors (Lipinski definition) is 0. The van der Waals surface area contributed by atoms with Crippen LogP contribution in [0.1, 0.15) is 19.3 Å². The van der Waals surface area contributed by atoms with E-state index >= 15 is 0 Å². The van der Waals surface area contributed by atoms with E-state index in [4.69, 9.17) is 0 Å². The van der Waals surface area contributed by atoms with Crippen molar-refractivity contribution in [1.29, 1.82) is 0 Å². The van der Waals surface area contributed by atoms with E-state index in [0.717, 1.165) is 15.6 Å². The summed E-state index contributed by atoms with van der Waals surface area (Å²) in [6.07, 6.45) is -2.39. The molecule has 1 amide bonds. The predicted molar refractivity (Wildman–Crippen MR) is 69.9 cm³/mol. The Morgan fingerprint density at radius 3 is 2.14 bits per heavy atom. The van der Waals surface area contributed by atoms with Crippen LogP contribution in [-0.4, -0.2) is 62.1 Å². The average Bonchev–Trinajstić information content (AvgIpc) is 2.70. The Labute approximate surface area is 122 Å². The van der Waals surface area contributed by atoms with Crippen molar-refractivity contribution in [3.05, 3.63) is 0 Å². The molecule has 0 radical (unpaired) electrons. The number of carbonyl (C=O) groups is 1. The molecule has 0 N–H and O–H groups in total. The fourth-order valence-corrected chi connectivity index (χ4v) is 4.32. The van der Waals surface area contributed by atoms with E-state index in [2.05, 4.69) is 0 Å². The summed E-state index contributed by atoms with van der Waals surface area (Å²) in [7, 11) is -1.66. The van der Waals surface area contributed by atoms with Crippen molar-refractivity contribution in [3.63, 3.8) is 0 Å². The summed E-state index contributed by atoms with van der Waals surface area (Å²) in [4.78, 5) is 13.2. The van der Waals surface area contributed by atoms with Crippen molar-refractivity contribution in [2.45, 2.75) is 30.7 Å². The number of sulfonamides is 1. The number of alkyl halides is 3. The van der Waals surface area contributed by atoms with E-state index in [0.29, 0.717) is 12.8 Å². The molecule has 0 unspecified atom stereocenters. The van der Waals surface area contributed by atoms with Crippen LogP contribution in [-0.2, 0) is 14.8 Å². The summed E-state index contributed by atoms with van der Waals surface area (Å²) >= 11 is 0. The standard InChI is InChI=1S/C12H19F3N2O3S/c1-16(2)21(19,20)10-7-17(6-9(10)12(13,14)15)11(18)8-4-3-5-8/h8-10H,3-7H2,1-2H3/t9-,10-/m1/s1. The Morgan fingerprint density at radius 1 is 1.19 bits per heavy atom. The maximum Gasteiger partial charge on any atom is 0.394 e. The Morgan fingerprint density at radius 2 is 1.76 bits per heavy atom. The lowest BCUT2D eigenvalue weighted by Gasteiger charge is -2.29. The third-order valence-corrected chi connectivity index (χ3v) is 6.60. The molecule has 0 bridgehead atoms. The summed E-state index contributed by atoms with van der Waals surface area (Å²) in [6.45, 7) is -0.934. The molecule has 2 atom stereocenters.